The normalized spacial score (nSPS) is 18.6. The average Bonchev–Trinajstić information content (AvgIpc) is 2.84. The molecule has 160 valence electrons. The van der Waals surface area contributed by atoms with Crippen LogP contribution in [-0.4, -0.2) is 34.3 Å². The van der Waals surface area contributed by atoms with Gasteiger partial charge in [0.2, 0.25) is 5.91 Å². The van der Waals surface area contributed by atoms with E-state index in [4.69, 9.17) is 4.74 Å². The zero-order chi connectivity index (χ0) is 21.7. The molecular weight excluding hydrogens is 446 g/mol. The number of benzene rings is 1. The predicted octanol–water partition coefficient (Wildman–Crippen LogP) is 4.25. The molecule has 2 unspecified atom stereocenters. The number of carbonyl (C=O) groups excluding carboxylic acids is 2. The van der Waals surface area contributed by atoms with Crippen molar-refractivity contribution < 1.29 is 14.3 Å². The molecule has 1 aromatic carbocycles. The molecule has 6 nitrogen and oxygen atoms in total. The van der Waals surface area contributed by atoms with Crippen molar-refractivity contribution >= 4 is 27.7 Å². The second kappa shape index (κ2) is 10.1. The van der Waals surface area contributed by atoms with E-state index >= 15 is 0 Å². The molecular formula is C23H28BrN3O3. The first-order valence-corrected chi connectivity index (χ1v) is 11.1. The third kappa shape index (κ3) is 5.01. The first-order chi connectivity index (χ1) is 14.4. The van der Waals surface area contributed by atoms with Crippen LogP contribution < -0.4 is 10.1 Å². The van der Waals surface area contributed by atoms with Gasteiger partial charge in [0.05, 0.1) is 0 Å². The van der Waals surface area contributed by atoms with Gasteiger partial charge in [0.1, 0.15) is 11.8 Å². The number of hydrogen-bond acceptors (Lipinski definition) is 4. The number of unbranched alkanes of at least 4 members (excludes halogenated alkanes) is 1. The second-order valence-electron chi connectivity index (χ2n) is 7.84. The minimum atomic E-state index is -0.786. The number of amides is 2. The van der Waals surface area contributed by atoms with Gasteiger partial charge in [0.25, 0.3) is 5.91 Å². The van der Waals surface area contributed by atoms with Gasteiger partial charge >= 0.3 is 0 Å². The van der Waals surface area contributed by atoms with E-state index in [2.05, 4.69) is 33.2 Å². The summed E-state index contributed by atoms with van der Waals surface area (Å²) in [5.74, 6) is 0.117. The average molecular weight is 474 g/mol. The maximum Gasteiger partial charge on any atom is 0.265 e. The SMILES string of the molecule is CCCCNC(=O)C1c2cc(Br)ccc2OC(C(C)C)C(=O)N1Cc1cccnc1. The molecule has 1 aromatic heterocycles. The summed E-state index contributed by atoms with van der Waals surface area (Å²) in [6.07, 6.45) is 4.59. The Balaban J connectivity index is 2.08. The van der Waals surface area contributed by atoms with Gasteiger partial charge in [-0.2, -0.15) is 0 Å². The van der Waals surface area contributed by atoms with E-state index in [9.17, 15) is 9.59 Å². The van der Waals surface area contributed by atoms with Crippen LogP contribution >= 0.6 is 15.9 Å². The smallest absolute Gasteiger partial charge is 0.265 e. The number of hydrogen-bond donors (Lipinski definition) is 1. The van der Waals surface area contributed by atoms with Crippen LogP contribution in [0.2, 0.25) is 0 Å². The largest absolute Gasteiger partial charge is 0.480 e. The highest BCUT2D eigenvalue weighted by molar-refractivity contribution is 9.10. The van der Waals surface area contributed by atoms with E-state index in [0.29, 0.717) is 17.9 Å². The Bertz CT molecular complexity index is 889. The minimum absolute atomic E-state index is 0.0488. The van der Waals surface area contributed by atoms with Crippen molar-refractivity contribution in [1.29, 1.82) is 0 Å². The summed E-state index contributed by atoms with van der Waals surface area (Å²) in [6, 6.07) is 8.50. The Morgan fingerprint density at radius 2 is 2.13 bits per heavy atom. The zero-order valence-corrected chi connectivity index (χ0v) is 19.2. The van der Waals surface area contributed by atoms with E-state index in [1.165, 1.54) is 0 Å². The summed E-state index contributed by atoms with van der Waals surface area (Å²) >= 11 is 3.50. The summed E-state index contributed by atoms with van der Waals surface area (Å²) in [6.45, 7) is 6.81. The van der Waals surface area contributed by atoms with Crippen LogP contribution in [0.3, 0.4) is 0 Å². The van der Waals surface area contributed by atoms with Crippen LogP contribution in [0, 0.1) is 5.92 Å². The Morgan fingerprint density at radius 3 is 2.80 bits per heavy atom. The monoisotopic (exact) mass is 473 g/mol. The highest BCUT2D eigenvalue weighted by Gasteiger charge is 2.42. The molecule has 2 aromatic rings. The molecule has 0 aliphatic carbocycles. The summed E-state index contributed by atoms with van der Waals surface area (Å²) in [5, 5.41) is 3.00. The molecule has 0 saturated heterocycles. The first-order valence-electron chi connectivity index (χ1n) is 10.4. The third-order valence-electron chi connectivity index (χ3n) is 5.12. The highest BCUT2D eigenvalue weighted by atomic mass is 79.9. The fourth-order valence-electron chi connectivity index (χ4n) is 3.53. The van der Waals surface area contributed by atoms with Crippen LogP contribution in [-0.2, 0) is 16.1 Å². The Kier molecular flexibility index (Phi) is 7.48. The molecule has 2 atom stereocenters. The summed E-state index contributed by atoms with van der Waals surface area (Å²) in [5.41, 5.74) is 1.54. The standard InChI is InChI=1S/C23H28BrN3O3/c1-4-5-11-26-22(28)20-18-12-17(24)8-9-19(18)30-21(15(2)3)23(29)27(20)14-16-7-6-10-25-13-16/h6-10,12-13,15,20-21H,4-5,11,14H2,1-3H3,(H,26,28). The van der Waals surface area contributed by atoms with Crippen LogP contribution in [0.15, 0.2) is 47.2 Å². The van der Waals surface area contributed by atoms with Gasteiger partial charge in [0.15, 0.2) is 6.10 Å². The van der Waals surface area contributed by atoms with Crippen LogP contribution in [0.5, 0.6) is 5.75 Å². The zero-order valence-electron chi connectivity index (χ0n) is 17.6. The number of aromatic nitrogens is 1. The summed E-state index contributed by atoms with van der Waals surface area (Å²) < 4.78 is 6.98. The van der Waals surface area contributed by atoms with E-state index < -0.39 is 12.1 Å². The molecule has 2 heterocycles. The lowest BCUT2D eigenvalue weighted by atomic mass is 10.0. The van der Waals surface area contributed by atoms with Crippen molar-refractivity contribution in [3.63, 3.8) is 0 Å². The van der Waals surface area contributed by atoms with Gasteiger partial charge in [-0.1, -0.05) is 49.2 Å². The van der Waals surface area contributed by atoms with Gasteiger partial charge in [0, 0.05) is 35.5 Å². The maximum atomic E-state index is 13.6. The number of carbonyl (C=O) groups is 2. The molecule has 30 heavy (non-hydrogen) atoms. The van der Waals surface area contributed by atoms with Gasteiger partial charge in [-0.15, -0.1) is 0 Å². The number of rotatable bonds is 7. The number of pyridine rings is 1. The second-order valence-corrected chi connectivity index (χ2v) is 8.75. The molecule has 2 amide bonds. The van der Waals surface area contributed by atoms with E-state index in [0.717, 1.165) is 22.9 Å². The molecule has 0 radical (unpaired) electrons. The van der Waals surface area contributed by atoms with E-state index in [1.807, 2.05) is 44.2 Å². The molecule has 1 aliphatic rings. The molecule has 0 fully saturated rings. The highest BCUT2D eigenvalue weighted by Crippen LogP contribution is 2.38. The van der Waals surface area contributed by atoms with Gasteiger partial charge in [-0.3, -0.25) is 14.6 Å². The minimum Gasteiger partial charge on any atom is -0.480 e. The molecule has 0 bridgehead atoms. The lowest BCUT2D eigenvalue weighted by molar-refractivity contribution is -0.147. The Morgan fingerprint density at radius 1 is 1.33 bits per heavy atom. The first kappa shape index (κ1) is 22.3. The van der Waals surface area contributed by atoms with Gasteiger partial charge < -0.3 is 15.0 Å². The lowest BCUT2D eigenvalue weighted by Gasteiger charge is -2.31. The molecule has 1 aliphatic heterocycles. The molecule has 1 N–H and O–H groups in total. The van der Waals surface area contributed by atoms with Crippen LogP contribution in [0.25, 0.3) is 0 Å². The van der Waals surface area contributed by atoms with E-state index in [-0.39, 0.29) is 24.3 Å². The van der Waals surface area contributed by atoms with Gasteiger partial charge in [-0.05, 0) is 42.2 Å². The summed E-state index contributed by atoms with van der Waals surface area (Å²) in [4.78, 5) is 32.7. The van der Waals surface area contributed by atoms with Crippen LogP contribution in [0.4, 0.5) is 0 Å². The Hall–Kier alpha value is -2.41. The van der Waals surface area contributed by atoms with Crippen molar-refractivity contribution in [2.75, 3.05) is 6.54 Å². The number of nitrogens with one attached hydrogen (secondary N) is 1. The Labute approximate surface area is 186 Å². The maximum absolute atomic E-state index is 13.6. The van der Waals surface area contributed by atoms with Crippen molar-refractivity contribution in [3.05, 3.63) is 58.3 Å². The number of nitrogens with zero attached hydrogens (tertiary/aromatic N) is 2. The lowest BCUT2D eigenvalue weighted by Crippen LogP contribution is -2.48. The van der Waals surface area contributed by atoms with Gasteiger partial charge in [-0.25, -0.2) is 0 Å². The fraction of sp³-hybridized carbons (Fsp3) is 0.435. The predicted molar refractivity (Wildman–Crippen MR) is 119 cm³/mol. The number of halogens is 1. The molecule has 0 saturated carbocycles. The van der Waals surface area contributed by atoms with E-state index in [1.54, 1.807) is 17.3 Å². The summed E-state index contributed by atoms with van der Waals surface area (Å²) in [7, 11) is 0. The third-order valence-corrected chi connectivity index (χ3v) is 5.61. The molecule has 3 rings (SSSR count). The molecule has 7 heteroatoms. The van der Waals surface area contributed by atoms with Crippen molar-refractivity contribution in [2.45, 2.75) is 52.3 Å². The van der Waals surface area contributed by atoms with Crippen molar-refractivity contribution in [3.8, 4) is 5.75 Å². The van der Waals surface area contributed by atoms with Crippen molar-refractivity contribution in [2.24, 2.45) is 5.92 Å². The topological polar surface area (TPSA) is 71.5 Å². The number of ether oxygens (including phenoxy) is 1. The van der Waals surface area contributed by atoms with Crippen LogP contribution in [0.1, 0.15) is 50.8 Å². The fourth-order valence-corrected chi connectivity index (χ4v) is 3.91. The molecule has 0 spiro atoms. The van der Waals surface area contributed by atoms with Crippen molar-refractivity contribution in [1.82, 2.24) is 15.2 Å². The number of fused-ring (bicyclic) bond motifs is 1. The quantitative estimate of drug-likeness (QED) is 0.610.